The van der Waals surface area contributed by atoms with Crippen LogP contribution in [-0.4, -0.2) is 39.9 Å². The molecular formula is C27H30Cl2N8O2. The zero-order valence-electron chi connectivity index (χ0n) is 21.7. The number of nitrogens with two attached hydrogens (primary N) is 2. The molecule has 0 fully saturated rings. The smallest absolute Gasteiger partial charge is 0.222 e. The van der Waals surface area contributed by atoms with Crippen LogP contribution in [0.3, 0.4) is 0 Å². The molecule has 0 saturated carbocycles. The highest BCUT2D eigenvalue weighted by Crippen LogP contribution is 2.32. The molecule has 0 unspecified atom stereocenters. The van der Waals surface area contributed by atoms with Gasteiger partial charge in [-0.3, -0.25) is 4.84 Å². The van der Waals surface area contributed by atoms with Crippen LogP contribution in [0.5, 0.6) is 0 Å². The molecule has 0 atom stereocenters. The number of ether oxygens (including phenoxy) is 1. The van der Waals surface area contributed by atoms with Gasteiger partial charge in [0.1, 0.15) is 12.5 Å². The fraction of sp³-hybridized carbons (Fsp3) is 0.259. The Bertz CT molecular complexity index is 1300. The highest BCUT2D eigenvalue weighted by molar-refractivity contribution is 6.31. The zero-order chi connectivity index (χ0) is 27.8. The monoisotopic (exact) mass is 568 g/mol. The first-order valence-electron chi connectivity index (χ1n) is 12.4. The number of nitrogens with zero attached hydrogens (tertiary/aromatic N) is 4. The number of benzene rings is 2. The van der Waals surface area contributed by atoms with E-state index in [-0.39, 0.29) is 31.8 Å². The SMILES string of the molecule is CCc1nc(N)nc(NCOCCONc2nc(N)nc(CC)c2-c2ccc(Cl)cc2)c1-c1ccc(Cl)cc1. The van der Waals surface area contributed by atoms with E-state index in [1.807, 2.05) is 62.4 Å². The van der Waals surface area contributed by atoms with Gasteiger partial charge in [-0.1, -0.05) is 61.3 Å². The second-order valence-corrected chi connectivity index (χ2v) is 9.28. The quantitative estimate of drug-likeness (QED) is 0.0962. The van der Waals surface area contributed by atoms with Crippen molar-refractivity contribution in [2.24, 2.45) is 0 Å². The lowest BCUT2D eigenvalue weighted by molar-refractivity contribution is 0.0784. The van der Waals surface area contributed by atoms with E-state index >= 15 is 0 Å². The van der Waals surface area contributed by atoms with E-state index in [0.717, 1.165) is 33.6 Å². The van der Waals surface area contributed by atoms with Gasteiger partial charge in [-0.15, -0.1) is 0 Å². The van der Waals surface area contributed by atoms with Gasteiger partial charge in [-0.05, 0) is 48.2 Å². The second kappa shape index (κ2) is 13.4. The molecule has 0 radical (unpaired) electrons. The molecule has 4 aromatic rings. The summed E-state index contributed by atoms with van der Waals surface area (Å²) in [5.74, 6) is 1.39. The van der Waals surface area contributed by atoms with Crippen LogP contribution in [0.25, 0.3) is 22.3 Å². The molecule has 4 rings (SSSR count). The van der Waals surface area contributed by atoms with Gasteiger partial charge in [0.2, 0.25) is 11.9 Å². The number of nitrogen functional groups attached to an aromatic ring is 2. The Morgan fingerprint density at radius 1 is 0.692 bits per heavy atom. The summed E-state index contributed by atoms with van der Waals surface area (Å²) < 4.78 is 5.73. The third-order valence-corrected chi connectivity index (χ3v) is 6.28. The Morgan fingerprint density at radius 2 is 1.18 bits per heavy atom. The number of halogens is 2. The average molecular weight is 569 g/mol. The number of rotatable bonds is 12. The molecule has 12 heteroatoms. The van der Waals surface area contributed by atoms with Crippen LogP contribution in [0.15, 0.2) is 48.5 Å². The van der Waals surface area contributed by atoms with Gasteiger partial charge in [-0.2, -0.15) is 9.97 Å². The highest BCUT2D eigenvalue weighted by Gasteiger charge is 2.16. The van der Waals surface area contributed by atoms with E-state index in [9.17, 15) is 0 Å². The first kappa shape index (κ1) is 28.3. The summed E-state index contributed by atoms with van der Waals surface area (Å²) in [7, 11) is 0. The number of anilines is 4. The molecule has 6 N–H and O–H groups in total. The van der Waals surface area contributed by atoms with Gasteiger partial charge in [0.25, 0.3) is 0 Å². The standard InChI is InChI=1S/C27H30Cl2N8O2/c1-3-20-22(16-5-9-18(28)10-6-16)24(35-26(30)33-20)32-15-38-13-14-39-37-25-23(17-7-11-19(29)12-8-17)21(4-2)34-27(31)36-25/h5-12H,3-4,13-15H2,1-2H3,(H3,30,32,33,35)(H3,31,34,36,37). The Hall–Kier alpha value is -3.70. The van der Waals surface area contributed by atoms with Crippen molar-refractivity contribution in [3.05, 3.63) is 70.0 Å². The summed E-state index contributed by atoms with van der Waals surface area (Å²) in [5, 5.41) is 4.49. The van der Waals surface area contributed by atoms with Gasteiger partial charge in [0, 0.05) is 21.2 Å². The van der Waals surface area contributed by atoms with Crippen LogP contribution in [0.2, 0.25) is 10.0 Å². The average Bonchev–Trinajstić information content (AvgIpc) is 2.93. The number of aryl methyl sites for hydroxylation is 2. The first-order valence-corrected chi connectivity index (χ1v) is 13.2. The van der Waals surface area contributed by atoms with Gasteiger partial charge in [-0.25, -0.2) is 15.4 Å². The number of aromatic nitrogens is 4. The molecule has 2 aromatic heterocycles. The lowest BCUT2D eigenvalue weighted by atomic mass is 10.0. The molecule has 0 aliphatic rings. The van der Waals surface area contributed by atoms with Crippen molar-refractivity contribution in [1.82, 2.24) is 19.9 Å². The number of nitrogens with one attached hydrogen (secondary N) is 2. The van der Waals surface area contributed by atoms with Gasteiger partial charge >= 0.3 is 0 Å². The number of hydrogen-bond acceptors (Lipinski definition) is 10. The lowest BCUT2D eigenvalue weighted by Crippen LogP contribution is -2.16. The maximum absolute atomic E-state index is 6.07. The van der Waals surface area contributed by atoms with E-state index in [0.29, 0.717) is 34.5 Å². The summed E-state index contributed by atoms with van der Waals surface area (Å²) in [6.45, 7) is 4.72. The highest BCUT2D eigenvalue weighted by atomic mass is 35.5. The van der Waals surface area contributed by atoms with Crippen molar-refractivity contribution in [1.29, 1.82) is 0 Å². The maximum atomic E-state index is 6.07. The van der Waals surface area contributed by atoms with Crippen molar-refractivity contribution in [3.63, 3.8) is 0 Å². The molecule has 0 aliphatic heterocycles. The summed E-state index contributed by atoms with van der Waals surface area (Å²) >= 11 is 12.1. The zero-order valence-corrected chi connectivity index (χ0v) is 23.2. The Balaban J connectivity index is 1.36. The molecule has 10 nitrogen and oxygen atoms in total. The summed E-state index contributed by atoms with van der Waals surface area (Å²) in [6, 6.07) is 14.9. The van der Waals surface area contributed by atoms with Gasteiger partial charge < -0.3 is 21.5 Å². The van der Waals surface area contributed by atoms with Crippen LogP contribution < -0.4 is 22.3 Å². The minimum atomic E-state index is 0.156. The second-order valence-electron chi connectivity index (χ2n) is 8.40. The molecule has 0 amide bonds. The minimum absolute atomic E-state index is 0.156. The van der Waals surface area contributed by atoms with Crippen molar-refractivity contribution in [2.75, 3.05) is 42.2 Å². The van der Waals surface area contributed by atoms with Gasteiger partial charge in [0.05, 0.1) is 24.6 Å². The lowest BCUT2D eigenvalue weighted by Gasteiger charge is -2.16. The van der Waals surface area contributed by atoms with E-state index in [2.05, 4.69) is 30.7 Å². The fourth-order valence-corrected chi connectivity index (χ4v) is 4.27. The van der Waals surface area contributed by atoms with Crippen molar-refractivity contribution >= 4 is 46.7 Å². The van der Waals surface area contributed by atoms with E-state index < -0.39 is 0 Å². The minimum Gasteiger partial charge on any atom is -0.368 e. The number of hydrogen-bond donors (Lipinski definition) is 4. The van der Waals surface area contributed by atoms with E-state index in [1.54, 1.807) is 0 Å². The van der Waals surface area contributed by atoms with Gasteiger partial charge in [0.15, 0.2) is 5.82 Å². The van der Waals surface area contributed by atoms with Crippen LogP contribution in [0.4, 0.5) is 23.5 Å². The molecule has 0 aliphatic carbocycles. The molecule has 2 heterocycles. The van der Waals surface area contributed by atoms with Crippen LogP contribution in [0.1, 0.15) is 25.2 Å². The molecular weight excluding hydrogens is 539 g/mol. The molecule has 0 saturated heterocycles. The predicted molar refractivity (Wildman–Crippen MR) is 157 cm³/mol. The molecule has 204 valence electrons. The van der Waals surface area contributed by atoms with Crippen molar-refractivity contribution in [3.8, 4) is 22.3 Å². The Morgan fingerprint density at radius 3 is 1.69 bits per heavy atom. The molecule has 2 aromatic carbocycles. The normalized spacial score (nSPS) is 11.0. The maximum Gasteiger partial charge on any atom is 0.222 e. The topological polar surface area (TPSA) is 146 Å². The van der Waals surface area contributed by atoms with Crippen molar-refractivity contribution in [2.45, 2.75) is 26.7 Å². The summed E-state index contributed by atoms with van der Waals surface area (Å²) in [5.41, 5.74) is 19.9. The molecule has 39 heavy (non-hydrogen) atoms. The fourth-order valence-electron chi connectivity index (χ4n) is 4.02. The molecule has 0 spiro atoms. The summed E-state index contributed by atoms with van der Waals surface area (Å²) in [4.78, 5) is 23.1. The third-order valence-electron chi connectivity index (χ3n) is 5.78. The van der Waals surface area contributed by atoms with Crippen LogP contribution in [-0.2, 0) is 22.4 Å². The van der Waals surface area contributed by atoms with E-state index in [4.69, 9.17) is 44.2 Å². The first-order chi connectivity index (χ1) is 18.9. The molecule has 0 bridgehead atoms. The Labute approximate surface area is 237 Å². The van der Waals surface area contributed by atoms with Crippen molar-refractivity contribution < 1.29 is 9.57 Å². The van der Waals surface area contributed by atoms with Crippen LogP contribution in [0, 0.1) is 0 Å². The van der Waals surface area contributed by atoms with E-state index in [1.165, 1.54) is 0 Å². The largest absolute Gasteiger partial charge is 0.368 e. The summed E-state index contributed by atoms with van der Waals surface area (Å²) in [6.07, 6.45) is 1.35. The van der Waals surface area contributed by atoms with Crippen LogP contribution >= 0.6 is 23.2 Å². The predicted octanol–water partition coefficient (Wildman–Crippen LogP) is 5.63. The Kier molecular flexibility index (Phi) is 9.72. The third kappa shape index (κ3) is 7.24.